The molecule has 3 aromatic carbocycles. The first kappa shape index (κ1) is 24.1. The minimum absolute atomic E-state index is 0.0753. The van der Waals surface area contributed by atoms with Gasteiger partial charge in [-0.2, -0.15) is 0 Å². The van der Waals surface area contributed by atoms with E-state index in [1.165, 1.54) is 36.4 Å². The molecule has 0 atom stereocenters. The second-order valence-corrected chi connectivity index (χ2v) is 8.77. The van der Waals surface area contributed by atoms with Gasteiger partial charge in [0, 0.05) is 0 Å². The summed E-state index contributed by atoms with van der Waals surface area (Å²) < 4.78 is 51.4. The number of rotatable bonds is 11. The molecule has 9 heteroatoms. The van der Waals surface area contributed by atoms with Crippen LogP contribution in [0.15, 0.2) is 83.8 Å². The lowest BCUT2D eigenvalue weighted by atomic mass is 10.3. The van der Waals surface area contributed by atoms with Crippen molar-refractivity contribution in [3.05, 3.63) is 84.7 Å². The van der Waals surface area contributed by atoms with Gasteiger partial charge in [0.25, 0.3) is 10.0 Å². The van der Waals surface area contributed by atoms with Gasteiger partial charge in [-0.3, -0.25) is 9.10 Å². The van der Waals surface area contributed by atoms with Crippen molar-refractivity contribution in [2.75, 3.05) is 30.6 Å². The molecule has 33 heavy (non-hydrogen) atoms. The van der Waals surface area contributed by atoms with Crippen LogP contribution in [-0.2, 0) is 14.8 Å². The van der Waals surface area contributed by atoms with Gasteiger partial charge >= 0.3 is 0 Å². The molecule has 7 nitrogen and oxygen atoms in total. The fourth-order valence-electron chi connectivity index (χ4n) is 2.99. The number of nitrogens with zero attached hydrogens (tertiary/aromatic N) is 1. The molecular formula is C24H25FN2O5S. The zero-order valence-electron chi connectivity index (χ0n) is 18.1. The molecule has 0 saturated carbocycles. The lowest BCUT2D eigenvalue weighted by Gasteiger charge is -2.24. The van der Waals surface area contributed by atoms with E-state index in [-0.39, 0.29) is 23.9 Å². The Hall–Kier alpha value is -3.59. The number of nitrogens with one attached hydrogen (secondary N) is 1. The number of hydrogen-bond donors (Lipinski definition) is 1. The zero-order valence-corrected chi connectivity index (χ0v) is 18.9. The van der Waals surface area contributed by atoms with Gasteiger partial charge in [-0.25, -0.2) is 12.8 Å². The van der Waals surface area contributed by atoms with E-state index in [1.807, 2.05) is 6.92 Å². The highest BCUT2D eigenvalue weighted by Crippen LogP contribution is 2.25. The van der Waals surface area contributed by atoms with Gasteiger partial charge < -0.3 is 14.8 Å². The van der Waals surface area contributed by atoms with Crippen molar-refractivity contribution in [2.45, 2.75) is 11.8 Å². The highest BCUT2D eigenvalue weighted by Gasteiger charge is 2.27. The topological polar surface area (TPSA) is 84.9 Å². The summed E-state index contributed by atoms with van der Waals surface area (Å²) in [7, 11) is -3.99. The minimum Gasteiger partial charge on any atom is -0.494 e. The SMILES string of the molecule is CCOc1ccc(N(CC(=O)NCCOc2ccc(F)cc2)S(=O)(=O)c2ccccc2)cc1. The maximum atomic E-state index is 13.3. The average molecular weight is 473 g/mol. The smallest absolute Gasteiger partial charge is 0.264 e. The molecule has 0 aliphatic carbocycles. The lowest BCUT2D eigenvalue weighted by molar-refractivity contribution is -0.119. The van der Waals surface area contributed by atoms with Gasteiger partial charge in [0.05, 0.1) is 23.7 Å². The molecule has 3 aromatic rings. The van der Waals surface area contributed by atoms with Gasteiger partial charge in [-0.05, 0) is 67.6 Å². The number of anilines is 1. The van der Waals surface area contributed by atoms with E-state index in [0.717, 1.165) is 4.31 Å². The Kier molecular flexibility index (Phi) is 8.26. The summed E-state index contributed by atoms with van der Waals surface area (Å²) in [5, 5.41) is 2.65. The van der Waals surface area contributed by atoms with E-state index in [0.29, 0.717) is 23.8 Å². The normalized spacial score (nSPS) is 11.0. The molecule has 0 saturated heterocycles. The van der Waals surface area contributed by atoms with Gasteiger partial charge in [-0.15, -0.1) is 0 Å². The minimum atomic E-state index is -3.99. The Bertz CT molecular complexity index is 1140. The van der Waals surface area contributed by atoms with E-state index in [4.69, 9.17) is 9.47 Å². The highest BCUT2D eigenvalue weighted by atomic mass is 32.2. The molecule has 0 aliphatic heterocycles. The molecule has 3 rings (SSSR count). The molecule has 0 fully saturated rings. The Balaban J connectivity index is 1.69. The predicted octanol–water partition coefficient (Wildman–Crippen LogP) is 3.61. The first-order valence-corrected chi connectivity index (χ1v) is 11.8. The molecule has 1 N–H and O–H groups in total. The first-order valence-electron chi connectivity index (χ1n) is 10.4. The molecule has 0 unspecified atom stereocenters. The monoisotopic (exact) mass is 472 g/mol. The van der Waals surface area contributed by atoms with Crippen molar-refractivity contribution < 1.29 is 27.1 Å². The van der Waals surface area contributed by atoms with Crippen molar-refractivity contribution in [3.63, 3.8) is 0 Å². The number of amides is 1. The Morgan fingerprint density at radius 2 is 1.52 bits per heavy atom. The fourth-order valence-corrected chi connectivity index (χ4v) is 4.43. The van der Waals surface area contributed by atoms with Crippen LogP contribution in [0.3, 0.4) is 0 Å². The summed E-state index contributed by atoms with van der Waals surface area (Å²) in [6, 6.07) is 19.9. The summed E-state index contributed by atoms with van der Waals surface area (Å²) >= 11 is 0. The molecular weight excluding hydrogens is 447 g/mol. The number of halogens is 1. The third-order valence-corrected chi connectivity index (χ3v) is 6.35. The van der Waals surface area contributed by atoms with E-state index in [1.54, 1.807) is 42.5 Å². The van der Waals surface area contributed by atoms with Gasteiger partial charge in [0.15, 0.2) is 0 Å². The number of carbonyl (C=O) groups excluding carboxylic acids is 1. The van der Waals surface area contributed by atoms with Crippen LogP contribution in [0.5, 0.6) is 11.5 Å². The van der Waals surface area contributed by atoms with Crippen LogP contribution in [0, 0.1) is 5.82 Å². The van der Waals surface area contributed by atoms with Gasteiger partial charge in [0.1, 0.15) is 30.5 Å². The summed E-state index contributed by atoms with van der Waals surface area (Å²) in [6.07, 6.45) is 0. The van der Waals surface area contributed by atoms with Crippen molar-refractivity contribution >= 4 is 21.6 Å². The Labute approximate surface area is 192 Å². The molecule has 0 bridgehead atoms. The number of benzene rings is 3. The van der Waals surface area contributed by atoms with E-state index < -0.39 is 22.5 Å². The van der Waals surface area contributed by atoms with E-state index in [9.17, 15) is 17.6 Å². The molecule has 1 amide bonds. The van der Waals surface area contributed by atoms with Crippen molar-refractivity contribution in [2.24, 2.45) is 0 Å². The van der Waals surface area contributed by atoms with Crippen LogP contribution in [0.2, 0.25) is 0 Å². The summed E-state index contributed by atoms with van der Waals surface area (Å²) in [5.41, 5.74) is 0.333. The van der Waals surface area contributed by atoms with Crippen LogP contribution < -0.4 is 19.1 Å². The third kappa shape index (κ3) is 6.69. The molecule has 0 heterocycles. The summed E-state index contributed by atoms with van der Waals surface area (Å²) in [5.74, 6) is 0.199. The fraction of sp³-hybridized carbons (Fsp3) is 0.208. The quantitative estimate of drug-likeness (QED) is 0.431. The van der Waals surface area contributed by atoms with Crippen LogP contribution in [-0.4, -0.2) is 40.6 Å². The average Bonchev–Trinajstić information content (AvgIpc) is 2.83. The van der Waals surface area contributed by atoms with Crippen molar-refractivity contribution in [3.8, 4) is 11.5 Å². The van der Waals surface area contributed by atoms with Crippen molar-refractivity contribution in [1.82, 2.24) is 5.32 Å². The standard InChI is InChI=1S/C24H25FN2O5S/c1-2-31-21-14-10-20(11-15-21)27(33(29,30)23-6-4-3-5-7-23)18-24(28)26-16-17-32-22-12-8-19(25)9-13-22/h3-15H,2,16-18H2,1H3,(H,26,28). The van der Waals surface area contributed by atoms with Crippen LogP contribution in [0.1, 0.15) is 6.92 Å². The van der Waals surface area contributed by atoms with Crippen molar-refractivity contribution in [1.29, 1.82) is 0 Å². The van der Waals surface area contributed by atoms with Gasteiger partial charge in [-0.1, -0.05) is 18.2 Å². The van der Waals surface area contributed by atoms with Gasteiger partial charge in [0.2, 0.25) is 5.91 Å². The Morgan fingerprint density at radius 1 is 0.909 bits per heavy atom. The maximum absolute atomic E-state index is 13.3. The van der Waals surface area contributed by atoms with Crippen LogP contribution in [0.4, 0.5) is 10.1 Å². The van der Waals surface area contributed by atoms with E-state index >= 15 is 0 Å². The van der Waals surface area contributed by atoms with E-state index in [2.05, 4.69) is 5.32 Å². The Morgan fingerprint density at radius 3 is 2.15 bits per heavy atom. The number of sulfonamides is 1. The molecule has 174 valence electrons. The number of carbonyl (C=O) groups is 1. The van der Waals surface area contributed by atoms with Crippen LogP contribution >= 0.6 is 0 Å². The predicted molar refractivity (Wildman–Crippen MR) is 123 cm³/mol. The lowest BCUT2D eigenvalue weighted by Crippen LogP contribution is -2.41. The molecule has 0 aromatic heterocycles. The number of ether oxygens (including phenoxy) is 2. The second-order valence-electron chi connectivity index (χ2n) is 6.90. The second kappa shape index (κ2) is 11.3. The molecule has 0 radical (unpaired) electrons. The molecule has 0 spiro atoms. The zero-order chi connectivity index (χ0) is 23.7. The molecule has 0 aliphatic rings. The maximum Gasteiger partial charge on any atom is 0.264 e. The summed E-state index contributed by atoms with van der Waals surface area (Å²) in [4.78, 5) is 12.7. The highest BCUT2D eigenvalue weighted by molar-refractivity contribution is 7.92. The largest absolute Gasteiger partial charge is 0.494 e. The first-order chi connectivity index (χ1) is 15.9. The third-order valence-electron chi connectivity index (χ3n) is 4.56. The summed E-state index contributed by atoms with van der Waals surface area (Å²) in [6.45, 7) is 2.21. The number of hydrogen-bond acceptors (Lipinski definition) is 5. The van der Waals surface area contributed by atoms with Crippen LogP contribution in [0.25, 0.3) is 0 Å².